The first-order chi connectivity index (χ1) is 14.0. The summed E-state index contributed by atoms with van der Waals surface area (Å²) in [6, 6.07) is 6.73. The van der Waals surface area contributed by atoms with Gasteiger partial charge >= 0.3 is 5.97 Å². The summed E-state index contributed by atoms with van der Waals surface area (Å²) in [5.74, 6) is -1.97. The summed E-state index contributed by atoms with van der Waals surface area (Å²) in [7, 11) is 0. The van der Waals surface area contributed by atoms with E-state index in [1.807, 2.05) is 0 Å². The monoisotopic (exact) mass is 397 g/mol. The number of primary amides is 1. The molecule has 0 saturated heterocycles. The van der Waals surface area contributed by atoms with Crippen LogP contribution in [0.2, 0.25) is 0 Å². The molecule has 4 heterocycles. The van der Waals surface area contributed by atoms with Gasteiger partial charge in [-0.2, -0.15) is 4.39 Å². The third-order valence-electron chi connectivity index (χ3n) is 4.65. The number of aromatic carboxylic acids is 1. The Hall–Kier alpha value is -3.95. The zero-order valence-corrected chi connectivity index (χ0v) is 14.9. The second kappa shape index (κ2) is 7.23. The number of rotatable bonds is 6. The van der Waals surface area contributed by atoms with Gasteiger partial charge in [-0.1, -0.05) is 6.07 Å². The molecule has 1 aliphatic heterocycles. The van der Waals surface area contributed by atoms with E-state index in [1.54, 1.807) is 17.0 Å². The van der Waals surface area contributed by atoms with Crippen molar-refractivity contribution < 1.29 is 23.5 Å². The number of fused-ring (bicyclic) bond motifs is 1. The Morgan fingerprint density at radius 1 is 1.28 bits per heavy atom. The summed E-state index contributed by atoms with van der Waals surface area (Å²) in [4.78, 5) is 33.1. The lowest BCUT2D eigenvalue weighted by molar-refractivity contribution is -0.118. The number of halogens is 1. The molecule has 29 heavy (non-hydrogen) atoms. The van der Waals surface area contributed by atoms with Crippen LogP contribution in [-0.2, 0) is 4.79 Å². The molecule has 0 aromatic carbocycles. The Morgan fingerprint density at radius 2 is 2.10 bits per heavy atom. The van der Waals surface area contributed by atoms with Crippen LogP contribution in [-0.4, -0.2) is 27.0 Å². The number of aromatic nitrogens is 2. The van der Waals surface area contributed by atoms with E-state index in [0.717, 1.165) is 0 Å². The number of carbonyl (C=O) groups is 2. The maximum Gasteiger partial charge on any atom is 0.338 e. The van der Waals surface area contributed by atoms with Gasteiger partial charge in [0, 0.05) is 18.0 Å². The molecule has 0 fully saturated rings. The average molecular weight is 397 g/mol. The third-order valence-corrected chi connectivity index (χ3v) is 4.65. The summed E-state index contributed by atoms with van der Waals surface area (Å²) in [6.45, 7) is 0. The van der Waals surface area contributed by atoms with Crippen molar-refractivity contribution in [3.8, 4) is 0 Å². The van der Waals surface area contributed by atoms with Gasteiger partial charge in [0.1, 0.15) is 5.76 Å². The zero-order valence-electron chi connectivity index (χ0n) is 14.9. The van der Waals surface area contributed by atoms with Crippen LogP contribution in [0.1, 0.15) is 40.3 Å². The van der Waals surface area contributed by atoms with E-state index in [1.165, 1.54) is 36.9 Å². The highest BCUT2D eigenvalue weighted by molar-refractivity contribution is 5.99. The minimum Gasteiger partial charge on any atom is -0.478 e. The SMILES string of the molecule is NC(=O)CC(c1cccnc1F)N1c2c(C(=O)O)ccnc2NC1c1ccco1. The van der Waals surface area contributed by atoms with Crippen molar-refractivity contribution in [3.63, 3.8) is 0 Å². The first-order valence-electron chi connectivity index (χ1n) is 8.66. The van der Waals surface area contributed by atoms with Crippen molar-refractivity contribution >= 4 is 23.4 Å². The van der Waals surface area contributed by atoms with E-state index < -0.39 is 30.0 Å². The fraction of sp³-hybridized carbons (Fsp3) is 0.158. The summed E-state index contributed by atoms with van der Waals surface area (Å²) in [5, 5.41) is 12.8. The number of amides is 1. The topological polar surface area (TPSA) is 135 Å². The molecule has 2 unspecified atom stereocenters. The van der Waals surface area contributed by atoms with Crippen molar-refractivity contribution in [1.29, 1.82) is 0 Å². The highest BCUT2D eigenvalue weighted by Crippen LogP contribution is 2.48. The molecule has 4 N–H and O–H groups in total. The van der Waals surface area contributed by atoms with Crippen LogP contribution < -0.4 is 16.0 Å². The quantitative estimate of drug-likeness (QED) is 0.540. The van der Waals surface area contributed by atoms with Crippen LogP contribution in [0.25, 0.3) is 0 Å². The van der Waals surface area contributed by atoms with Crippen LogP contribution in [0.15, 0.2) is 53.4 Å². The number of nitrogens with one attached hydrogen (secondary N) is 1. The highest BCUT2D eigenvalue weighted by Gasteiger charge is 2.42. The predicted molar refractivity (Wildman–Crippen MR) is 99.5 cm³/mol. The maximum absolute atomic E-state index is 14.6. The highest BCUT2D eigenvalue weighted by atomic mass is 19.1. The van der Waals surface area contributed by atoms with Gasteiger partial charge in [0.25, 0.3) is 0 Å². The maximum atomic E-state index is 14.6. The molecule has 3 aromatic heterocycles. The van der Waals surface area contributed by atoms with E-state index in [2.05, 4.69) is 15.3 Å². The summed E-state index contributed by atoms with van der Waals surface area (Å²) in [5.41, 5.74) is 5.69. The molecule has 1 aliphatic rings. The summed E-state index contributed by atoms with van der Waals surface area (Å²) >= 11 is 0. The van der Waals surface area contributed by atoms with Crippen LogP contribution in [0.4, 0.5) is 15.9 Å². The molecule has 9 nitrogen and oxygen atoms in total. The minimum absolute atomic E-state index is 0.0599. The first-order valence-corrected chi connectivity index (χ1v) is 8.66. The molecule has 3 aromatic rings. The Bertz CT molecular complexity index is 1070. The number of nitrogens with zero attached hydrogens (tertiary/aromatic N) is 3. The zero-order chi connectivity index (χ0) is 20.5. The van der Waals surface area contributed by atoms with Gasteiger partial charge in [0.2, 0.25) is 11.9 Å². The number of hydrogen-bond donors (Lipinski definition) is 3. The second-order valence-electron chi connectivity index (χ2n) is 6.40. The molecular weight excluding hydrogens is 381 g/mol. The predicted octanol–water partition coefficient (Wildman–Crippen LogP) is 2.45. The fourth-order valence-corrected chi connectivity index (χ4v) is 3.51. The van der Waals surface area contributed by atoms with E-state index in [0.29, 0.717) is 5.76 Å². The Kier molecular flexibility index (Phi) is 4.59. The van der Waals surface area contributed by atoms with Crippen molar-refractivity contribution in [3.05, 3.63) is 71.8 Å². The smallest absolute Gasteiger partial charge is 0.338 e. The number of hydrogen-bond acceptors (Lipinski definition) is 7. The average Bonchev–Trinajstić information content (AvgIpc) is 3.33. The van der Waals surface area contributed by atoms with Crippen molar-refractivity contribution in [2.45, 2.75) is 18.6 Å². The van der Waals surface area contributed by atoms with E-state index in [9.17, 15) is 19.1 Å². The molecular formula is C19H16FN5O4. The van der Waals surface area contributed by atoms with Gasteiger partial charge in [-0.25, -0.2) is 14.8 Å². The molecule has 0 spiro atoms. The van der Waals surface area contributed by atoms with Gasteiger partial charge in [-0.3, -0.25) is 4.79 Å². The summed E-state index contributed by atoms with van der Waals surface area (Å²) in [6.07, 6.45) is 3.07. The molecule has 1 amide bonds. The van der Waals surface area contributed by atoms with Crippen molar-refractivity contribution in [2.24, 2.45) is 5.73 Å². The third kappa shape index (κ3) is 3.24. The van der Waals surface area contributed by atoms with Crippen LogP contribution in [0.3, 0.4) is 0 Å². The number of pyridine rings is 2. The molecule has 2 atom stereocenters. The molecule has 148 valence electrons. The van der Waals surface area contributed by atoms with Crippen LogP contribution in [0.5, 0.6) is 0 Å². The lowest BCUT2D eigenvalue weighted by Crippen LogP contribution is -2.36. The number of nitrogens with two attached hydrogens (primary N) is 1. The fourth-order valence-electron chi connectivity index (χ4n) is 3.51. The van der Waals surface area contributed by atoms with Crippen molar-refractivity contribution in [2.75, 3.05) is 10.2 Å². The summed E-state index contributed by atoms with van der Waals surface area (Å²) < 4.78 is 20.1. The number of carbonyl (C=O) groups excluding carboxylic acids is 1. The van der Waals surface area contributed by atoms with E-state index >= 15 is 0 Å². The first kappa shape index (κ1) is 18.4. The van der Waals surface area contributed by atoms with Crippen LogP contribution in [0, 0.1) is 5.95 Å². The van der Waals surface area contributed by atoms with Gasteiger partial charge in [0.05, 0.1) is 30.0 Å². The van der Waals surface area contributed by atoms with Gasteiger partial charge < -0.3 is 25.5 Å². The Balaban J connectivity index is 1.94. The molecule has 4 rings (SSSR count). The molecule has 0 saturated carbocycles. The lowest BCUT2D eigenvalue weighted by atomic mass is 10.0. The molecule has 0 radical (unpaired) electrons. The second-order valence-corrected chi connectivity index (χ2v) is 6.40. The number of furan rings is 1. The normalized spacial score (nSPS) is 16.2. The van der Waals surface area contributed by atoms with Gasteiger partial charge in [-0.15, -0.1) is 0 Å². The molecule has 10 heteroatoms. The van der Waals surface area contributed by atoms with E-state index in [4.69, 9.17) is 10.2 Å². The van der Waals surface area contributed by atoms with Gasteiger partial charge in [-0.05, 0) is 24.3 Å². The minimum atomic E-state index is -1.19. The molecule has 0 aliphatic carbocycles. The lowest BCUT2D eigenvalue weighted by Gasteiger charge is -2.34. The number of carboxylic acids is 1. The standard InChI is InChI=1S/C19H16FN5O4/c20-16-10(3-1-6-22-16)12(9-14(21)26)25-15-11(19(27)28)5-7-23-17(15)24-18(25)13-4-2-8-29-13/h1-8,12,18H,9H2,(H2,21,26)(H,23,24)(H,27,28). The molecule has 0 bridgehead atoms. The number of carboxylic acid groups (broad SMARTS) is 1. The van der Waals surface area contributed by atoms with E-state index in [-0.39, 0.29) is 29.1 Å². The van der Waals surface area contributed by atoms with Crippen molar-refractivity contribution in [1.82, 2.24) is 9.97 Å². The largest absolute Gasteiger partial charge is 0.478 e. The van der Waals surface area contributed by atoms with Gasteiger partial charge in [0.15, 0.2) is 12.0 Å². The Labute approximate surface area is 164 Å². The number of anilines is 2. The Morgan fingerprint density at radius 3 is 2.76 bits per heavy atom. The van der Waals surface area contributed by atoms with Crippen LogP contribution >= 0.6 is 0 Å².